The molecule has 0 atom stereocenters. The molecule has 0 bridgehead atoms. The number of sulfonamides is 1. The van der Waals surface area contributed by atoms with Crippen LogP contribution in [-0.4, -0.2) is 32.7 Å². The van der Waals surface area contributed by atoms with Gasteiger partial charge >= 0.3 is 0 Å². The predicted molar refractivity (Wildman–Crippen MR) is 92.0 cm³/mol. The number of carbonyl (C=O) groups is 1. The lowest BCUT2D eigenvalue weighted by molar-refractivity contribution is 0.0978. The van der Waals surface area contributed by atoms with Crippen LogP contribution in [0.1, 0.15) is 48.0 Å². The Kier molecular flexibility index (Phi) is 4.90. The average Bonchev–Trinajstić information content (AvgIpc) is 2.82. The fourth-order valence-corrected chi connectivity index (χ4v) is 3.57. The zero-order chi connectivity index (χ0) is 18.9. The van der Waals surface area contributed by atoms with Gasteiger partial charge in [0.15, 0.2) is 17.3 Å². The second kappa shape index (κ2) is 6.99. The summed E-state index contributed by atoms with van der Waals surface area (Å²) < 4.78 is 43.5. The molecule has 0 aliphatic carbocycles. The van der Waals surface area contributed by atoms with E-state index in [9.17, 15) is 13.2 Å². The molecular formula is C17H20N2O6S. The smallest absolute Gasteiger partial charge is 0.270 e. The van der Waals surface area contributed by atoms with Crippen molar-refractivity contribution in [3.8, 4) is 11.5 Å². The van der Waals surface area contributed by atoms with Crippen LogP contribution >= 0.6 is 0 Å². The summed E-state index contributed by atoms with van der Waals surface area (Å²) in [4.78, 5) is 12.5. The van der Waals surface area contributed by atoms with Crippen molar-refractivity contribution in [2.75, 3.05) is 13.2 Å². The van der Waals surface area contributed by atoms with Crippen LogP contribution in [0.25, 0.3) is 0 Å². The molecule has 2 aromatic rings. The normalized spacial score (nSPS) is 14.2. The molecule has 1 aromatic heterocycles. The van der Waals surface area contributed by atoms with Crippen LogP contribution in [-0.2, 0) is 10.0 Å². The van der Waals surface area contributed by atoms with Gasteiger partial charge in [-0.3, -0.25) is 4.79 Å². The fourth-order valence-electron chi connectivity index (χ4n) is 2.60. The van der Waals surface area contributed by atoms with Gasteiger partial charge < -0.3 is 14.0 Å². The Morgan fingerprint density at radius 3 is 2.58 bits per heavy atom. The van der Waals surface area contributed by atoms with Gasteiger partial charge in [-0.15, -0.1) is 0 Å². The Morgan fingerprint density at radius 2 is 1.88 bits per heavy atom. The molecule has 0 spiro atoms. The summed E-state index contributed by atoms with van der Waals surface area (Å²) in [6.07, 6.45) is 0.707. The molecule has 8 nitrogen and oxygen atoms in total. The Bertz CT molecular complexity index is 933. The SMILES string of the molecule is Cc1noc(C(C)C)c1C(=O)NS(=O)(=O)c1ccc2c(c1)OCCCO2. The van der Waals surface area contributed by atoms with Crippen LogP contribution in [0.4, 0.5) is 0 Å². The third-order valence-electron chi connectivity index (χ3n) is 3.90. The highest BCUT2D eigenvalue weighted by atomic mass is 32.2. The maximum absolute atomic E-state index is 12.6. The number of nitrogens with one attached hydrogen (secondary N) is 1. The van der Waals surface area contributed by atoms with Gasteiger partial charge in [-0.25, -0.2) is 13.1 Å². The first-order valence-corrected chi connectivity index (χ1v) is 9.71. The van der Waals surface area contributed by atoms with Gasteiger partial charge in [0.1, 0.15) is 5.56 Å². The molecule has 0 unspecified atom stereocenters. The number of hydrogen-bond acceptors (Lipinski definition) is 7. The molecular weight excluding hydrogens is 360 g/mol. The molecule has 9 heteroatoms. The lowest BCUT2D eigenvalue weighted by Crippen LogP contribution is -2.31. The zero-order valence-corrected chi connectivity index (χ0v) is 15.6. The van der Waals surface area contributed by atoms with E-state index >= 15 is 0 Å². The highest BCUT2D eigenvalue weighted by Crippen LogP contribution is 2.32. The molecule has 3 rings (SSSR count). The molecule has 0 saturated heterocycles. The van der Waals surface area contributed by atoms with E-state index in [1.807, 2.05) is 13.8 Å². The molecule has 140 valence electrons. The quantitative estimate of drug-likeness (QED) is 0.867. The largest absolute Gasteiger partial charge is 0.490 e. The van der Waals surface area contributed by atoms with Crippen molar-refractivity contribution >= 4 is 15.9 Å². The summed E-state index contributed by atoms with van der Waals surface area (Å²) in [6, 6.07) is 4.23. The van der Waals surface area contributed by atoms with E-state index in [4.69, 9.17) is 14.0 Å². The van der Waals surface area contributed by atoms with Crippen molar-refractivity contribution < 1.29 is 27.2 Å². The van der Waals surface area contributed by atoms with Gasteiger partial charge in [0, 0.05) is 18.4 Å². The number of amides is 1. The Hall–Kier alpha value is -2.55. The van der Waals surface area contributed by atoms with Gasteiger partial charge in [0.25, 0.3) is 15.9 Å². The van der Waals surface area contributed by atoms with E-state index in [1.54, 1.807) is 6.92 Å². The van der Waals surface area contributed by atoms with Gasteiger partial charge in [-0.1, -0.05) is 19.0 Å². The molecule has 1 aliphatic heterocycles. The molecule has 1 N–H and O–H groups in total. The van der Waals surface area contributed by atoms with Crippen molar-refractivity contribution in [3.63, 3.8) is 0 Å². The van der Waals surface area contributed by atoms with Crippen LogP contribution in [0.5, 0.6) is 11.5 Å². The van der Waals surface area contributed by atoms with Crippen molar-refractivity contribution in [2.45, 2.75) is 38.0 Å². The van der Waals surface area contributed by atoms with Crippen LogP contribution in [0.15, 0.2) is 27.6 Å². The Balaban J connectivity index is 1.89. The standard InChI is InChI=1S/C17H20N2O6S/c1-10(2)16-15(11(3)18-25-16)17(20)19-26(21,22)12-5-6-13-14(9-12)24-8-4-7-23-13/h5-6,9-10H,4,7-8H2,1-3H3,(H,19,20). The van der Waals surface area contributed by atoms with Gasteiger partial charge in [-0.05, 0) is 19.1 Å². The summed E-state index contributed by atoms with van der Waals surface area (Å²) in [6.45, 7) is 6.18. The first kappa shape index (κ1) is 18.2. The number of aromatic nitrogens is 1. The summed E-state index contributed by atoms with van der Waals surface area (Å²) in [5.74, 6) is 0.262. The molecule has 2 heterocycles. The third-order valence-corrected chi connectivity index (χ3v) is 5.23. The molecule has 0 radical (unpaired) electrons. The first-order valence-electron chi connectivity index (χ1n) is 8.22. The molecule has 1 aliphatic rings. The number of benzene rings is 1. The van der Waals surface area contributed by atoms with Crippen LogP contribution < -0.4 is 14.2 Å². The van der Waals surface area contributed by atoms with Gasteiger partial charge in [0.05, 0.1) is 23.8 Å². The molecule has 26 heavy (non-hydrogen) atoms. The van der Waals surface area contributed by atoms with Gasteiger partial charge in [-0.2, -0.15) is 0 Å². The maximum atomic E-state index is 12.6. The topological polar surface area (TPSA) is 108 Å². The number of fused-ring (bicyclic) bond motifs is 1. The minimum atomic E-state index is -4.09. The highest BCUT2D eigenvalue weighted by molar-refractivity contribution is 7.90. The summed E-state index contributed by atoms with van der Waals surface area (Å²) >= 11 is 0. The van der Waals surface area contributed by atoms with Crippen LogP contribution in [0.3, 0.4) is 0 Å². The first-order chi connectivity index (χ1) is 12.3. The number of rotatable bonds is 4. The van der Waals surface area contributed by atoms with Crippen molar-refractivity contribution in [1.82, 2.24) is 9.88 Å². The molecule has 0 fully saturated rings. The van der Waals surface area contributed by atoms with Gasteiger partial charge in [0.2, 0.25) is 0 Å². The summed E-state index contributed by atoms with van der Waals surface area (Å²) in [7, 11) is -4.09. The van der Waals surface area contributed by atoms with E-state index in [-0.39, 0.29) is 16.4 Å². The summed E-state index contributed by atoms with van der Waals surface area (Å²) in [5.41, 5.74) is 0.470. The lowest BCUT2D eigenvalue weighted by atomic mass is 10.1. The number of ether oxygens (including phenoxy) is 2. The second-order valence-corrected chi connectivity index (χ2v) is 7.94. The zero-order valence-electron chi connectivity index (χ0n) is 14.7. The number of hydrogen-bond donors (Lipinski definition) is 1. The Morgan fingerprint density at radius 1 is 1.19 bits per heavy atom. The number of nitrogens with zero attached hydrogens (tertiary/aromatic N) is 1. The fraction of sp³-hybridized carbons (Fsp3) is 0.412. The van der Waals surface area contributed by atoms with Crippen molar-refractivity contribution in [1.29, 1.82) is 0 Å². The van der Waals surface area contributed by atoms with Crippen molar-refractivity contribution in [3.05, 3.63) is 35.2 Å². The Labute approximate surface area is 151 Å². The number of aryl methyl sites for hydroxylation is 1. The number of carbonyl (C=O) groups excluding carboxylic acids is 1. The van der Waals surface area contributed by atoms with E-state index in [0.29, 0.717) is 42.6 Å². The lowest BCUT2D eigenvalue weighted by Gasteiger charge is -2.11. The molecule has 1 aromatic carbocycles. The van der Waals surface area contributed by atoms with E-state index < -0.39 is 15.9 Å². The molecule has 1 amide bonds. The average molecular weight is 380 g/mol. The second-order valence-electron chi connectivity index (χ2n) is 6.26. The van der Waals surface area contributed by atoms with Crippen molar-refractivity contribution in [2.24, 2.45) is 0 Å². The maximum Gasteiger partial charge on any atom is 0.270 e. The van der Waals surface area contributed by atoms with E-state index in [0.717, 1.165) is 0 Å². The third kappa shape index (κ3) is 3.52. The van der Waals surface area contributed by atoms with Crippen LogP contribution in [0, 0.1) is 6.92 Å². The van der Waals surface area contributed by atoms with Crippen LogP contribution in [0.2, 0.25) is 0 Å². The predicted octanol–water partition coefficient (Wildman–Crippen LogP) is 2.39. The minimum absolute atomic E-state index is 0.0877. The monoisotopic (exact) mass is 380 g/mol. The van der Waals surface area contributed by atoms with E-state index in [2.05, 4.69) is 9.88 Å². The highest BCUT2D eigenvalue weighted by Gasteiger charge is 2.27. The summed E-state index contributed by atoms with van der Waals surface area (Å²) in [5, 5.41) is 3.76. The van der Waals surface area contributed by atoms with E-state index in [1.165, 1.54) is 18.2 Å². The minimum Gasteiger partial charge on any atom is -0.490 e. The molecule has 0 saturated carbocycles.